The van der Waals surface area contributed by atoms with E-state index in [0.717, 1.165) is 21.6 Å². The first-order valence-electron chi connectivity index (χ1n) is 9.78. The van der Waals surface area contributed by atoms with Gasteiger partial charge in [0.2, 0.25) is 0 Å². The third-order valence-corrected chi connectivity index (χ3v) is 5.94. The first-order chi connectivity index (χ1) is 15.5. The van der Waals surface area contributed by atoms with E-state index in [9.17, 15) is 14.0 Å². The van der Waals surface area contributed by atoms with E-state index in [1.807, 2.05) is 6.92 Å². The van der Waals surface area contributed by atoms with Gasteiger partial charge in [0.1, 0.15) is 22.2 Å². The van der Waals surface area contributed by atoms with E-state index in [0.29, 0.717) is 28.8 Å². The van der Waals surface area contributed by atoms with Crippen molar-refractivity contribution in [1.82, 2.24) is 0 Å². The number of rotatable bonds is 7. The van der Waals surface area contributed by atoms with Crippen molar-refractivity contribution in [1.29, 1.82) is 0 Å². The molecule has 32 heavy (non-hydrogen) atoms. The highest BCUT2D eigenvalue weighted by molar-refractivity contribution is 8.04. The van der Waals surface area contributed by atoms with Crippen molar-refractivity contribution in [2.24, 2.45) is 0 Å². The van der Waals surface area contributed by atoms with Crippen molar-refractivity contribution in [2.75, 3.05) is 16.8 Å². The third-order valence-electron chi connectivity index (χ3n) is 4.59. The molecule has 0 spiro atoms. The number of nitrogens with zero attached hydrogens (tertiary/aromatic N) is 1. The van der Waals surface area contributed by atoms with Crippen molar-refractivity contribution in [3.05, 3.63) is 94.2 Å². The molecule has 1 N–H and O–H groups in total. The molecule has 0 saturated carbocycles. The molecule has 8 heteroatoms. The normalized spacial score (nSPS) is 13.7. The van der Waals surface area contributed by atoms with E-state index in [1.165, 1.54) is 24.3 Å². The summed E-state index contributed by atoms with van der Waals surface area (Å²) in [7, 11) is 0. The number of benzene rings is 3. The van der Waals surface area contributed by atoms with Crippen molar-refractivity contribution < 1.29 is 18.7 Å². The van der Waals surface area contributed by atoms with Crippen molar-refractivity contribution >= 4 is 46.6 Å². The summed E-state index contributed by atoms with van der Waals surface area (Å²) in [5.74, 6) is -0.711. The van der Waals surface area contributed by atoms with Crippen LogP contribution in [0, 0.1) is 5.82 Å². The Morgan fingerprint density at radius 1 is 0.938 bits per heavy atom. The number of ether oxygens (including phenoxy) is 1. The van der Waals surface area contributed by atoms with E-state index < -0.39 is 17.6 Å². The Kier molecular flexibility index (Phi) is 6.48. The quantitative estimate of drug-likeness (QED) is 0.440. The van der Waals surface area contributed by atoms with Crippen molar-refractivity contribution in [3.63, 3.8) is 0 Å². The van der Waals surface area contributed by atoms with Crippen LogP contribution in [-0.4, -0.2) is 18.4 Å². The van der Waals surface area contributed by atoms with Crippen LogP contribution < -0.4 is 15.0 Å². The molecule has 162 valence electrons. The Bertz CT molecular complexity index is 1110. The second-order valence-electron chi connectivity index (χ2n) is 6.76. The fourth-order valence-corrected chi connectivity index (χ4v) is 4.16. The Hall–Kier alpha value is -3.29. The smallest absolute Gasteiger partial charge is 0.283 e. The molecule has 0 saturated heterocycles. The highest BCUT2D eigenvalue weighted by Gasteiger charge is 2.40. The zero-order valence-electron chi connectivity index (χ0n) is 17.0. The van der Waals surface area contributed by atoms with E-state index in [-0.39, 0.29) is 10.6 Å². The predicted molar refractivity (Wildman–Crippen MR) is 124 cm³/mol. The summed E-state index contributed by atoms with van der Waals surface area (Å²) in [5.41, 5.74) is 1.04. The van der Waals surface area contributed by atoms with Gasteiger partial charge in [-0.25, -0.2) is 9.29 Å². The van der Waals surface area contributed by atoms with Crippen LogP contribution in [0.4, 0.5) is 15.8 Å². The number of amides is 2. The Morgan fingerprint density at radius 3 is 2.22 bits per heavy atom. The molecule has 4 rings (SSSR count). The van der Waals surface area contributed by atoms with Gasteiger partial charge in [-0.05, 0) is 79.7 Å². The van der Waals surface area contributed by atoms with Gasteiger partial charge in [0.15, 0.2) is 0 Å². The number of hydrogen-bond donors (Lipinski definition) is 1. The van der Waals surface area contributed by atoms with E-state index in [1.54, 1.807) is 48.5 Å². The summed E-state index contributed by atoms with van der Waals surface area (Å²) < 4.78 is 18.8. The minimum Gasteiger partial charge on any atom is -0.494 e. The SMILES string of the molecule is CCOc1ccc(N2C(=O)C(Nc3ccc(F)cc3)=C(Sc3ccc(Cl)cc3)C2=O)cc1. The number of hydrogen-bond acceptors (Lipinski definition) is 5. The largest absolute Gasteiger partial charge is 0.494 e. The van der Waals surface area contributed by atoms with Crippen LogP contribution in [0.1, 0.15) is 6.92 Å². The van der Waals surface area contributed by atoms with Gasteiger partial charge in [-0.2, -0.15) is 0 Å². The lowest BCUT2D eigenvalue weighted by Crippen LogP contribution is -2.32. The lowest BCUT2D eigenvalue weighted by Gasteiger charge is -2.16. The van der Waals surface area contributed by atoms with E-state index >= 15 is 0 Å². The lowest BCUT2D eigenvalue weighted by molar-refractivity contribution is -0.120. The van der Waals surface area contributed by atoms with Crippen molar-refractivity contribution in [2.45, 2.75) is 11.8 Å². The van der Waals surface area contributed by atoms with Gasteiger partial charge in [-0.3, -0.25) is 9.59 Å². The monoisotopic (exact) mass is 468 g/mol. The number of nitrogens with one attached hydrogen (secondary N) is 1. The molecule has 2 amide bonds. The summed E-state index contributed by atoms with van der Waals surface area (Å²) in [6, 6.07) is 19.3. The van der Waals surface area contributed by atoms with Crippen LogP contribution >= 0.6 is 23.4 Å². The zero-order chi connectivity index (χ0) is 22.7. The maximum absolute atomic E-state index is 13.3. The maximum atomic E-state index is 13.3. The summed E-state index contributed by atoms with van der Waals surface area (Å²) in [5, 5.41) is 3.56. The van der Waals surface area contributed by atoms with Crippen LogP contribution in [0.3, 0.4) is 0 Å². The molecule has 3 aromatic carbocycles. The number of anilines is 2. The Labute approximate surface area is 193 Å². The van der Waals surface area contributed by atoms with Crippen LogP contribution in [0.15, 0.2) is 88.3 Å². The van der Waals surface area contributed by atoms with Gasteiger partial charge >= 0.3 is 0 Å². The first kappa shape index (κ1) is 21.9. The third kappa shape index (κ3) is 4.64. The average Bonchev–Trinajstić information content (AvgIpc) is 3.01. The van der Waals surface area contributed by atoms with Gasteiger partial charge < -0.3 is 10.1 Å². The van der Waals surface area contributed by atoms with Crippen LogP contribution in [-0.2, 0) is 9.59 Å². The predicted octanol–water partition coefficient (Wildman–Crippen LogP) is 5.87. The molecule has 0 aliphatic carbocycles. The average molecular weight is 469 g/mol. The summed E-state index contributed by atoms with van der Waals surface area (Å²) >= 11 is 7.12. The fourth-order valence-electron chi connectivity index (χ4n) is 3.11. The standard InChI is InChI=1S/C24H18ClFN2O3S/c1-2-31-19-11-9-18(10-12-19)28-23(29)21(27-17-7-5-16(26)6-8-17)22(24(28)30)32-20-13-3-15(25)4-14-20/h3-14,27H,2H2,1H3. The van der Waals surface area contributed by atoms with Gasteiger partial charge in [-0.15, -0.1) is 0 Å². The Balaban J connectivity index is 1.69. The highest BCUT2D eigenvalue weighted by atomic mass is 35.5. The summed E-state index contributed by atoms with van der Waals surface area (Å²) in [6.45, 7) is 2.38. The molecule has 1 heterocycles. The summed E-state index contributed by atoms with van der Waals surface area (Å²) in [6.07, 6.45) is 0. The van der Waals surface area contributed by atoms with E-state index in [2.05, 4.69) is 5.32 Å². The number of halogens is 2. The molecule has 0 radical (unpaired) electrons. The van der Waals surface area contributed by atoms with Crippen molar-refractivity contribution in [3.8, 4) is 5.75 Å². The van der Waals surface area contributed by atoms with Gasteiger partial charge in [0.05, 0.1) is 12.3 Å². The fraction of sp³-hybridized carbons (Fsp3) is 0.0833. The minimum atomic E-state index is -0.500. The molecule has 3 aromatic rings. The number of carbonyl (C=O) groups is 2. The molecule has 0 aromatic heterocycles. The van der Waals surface area contributed by atoms with Gasteiger partial charge in [0, 0.05) is 15.6 Å². The number of imide groups is 1. The second kappa shape index (κ2) is 9.46. The Morgan fingerprint density at radius 2 is 1.59 bits per heavy atom. The molecule has 0 fully saturated rings. The molecule has 0 bridgehead atoms. The zero-order valence-corrected chi connectivity index (χ0v) is 18.5. The molecule has 0 atom stereocenters. The number of thioether (sulfide) groups is 1. The maximum Gasteiger partial charge on any atom is 0.283 e. The molecular formula is C24H18ClFN2O3S. The van der Waals surface area contributed by atoms with Crippen LogP contribution in [0.2, 0.25) is 5.02 Å². The summed E-state index contributed by atoms with van der Waals surface area (Å²) in [4.78, 5) is 28.7. The van der Waals surface area contributed by atoms with Crippen LogP contribution in [0.5, 0.6) is 5.75 Å². The van der Waals surface area contributed by atoms with E-state index in [4.69, 9.17) is 16.3 Å². The topological polar surface area (TPSA) is 58.6 Å². The first-order valence-corrected chi connectivity index (χ1v) is 11.0. The second-order valence-corrected chi connectivity index (χ2v) is 8.28. The number of carbonyl (C=O) groups excluding carboxylic acids is 2. The van der Waals surface area contributed by atoms with Crippen LogP contribution in [0.25, 0.3) is 0 Å². The molecule has 1 aliphatic heterocycles. The molecule has 0 unspecified atom stereocenters. The molecule has 5 nitrogen and oxygen atoms in total. The molecule has 1 aliphatic rings. The minimum absolute atomic E-state index is 0.121. The van der Waals surface area contributed by atoms with Gasteiger partial charge in [0.25, 0.3) is 11.8 Å². The highest BCUT2D eigenvalue weighted by Crippen LogP contribution is 2.38. The lowest BCUT2D eigenvalue weighted by atomic mass is 10.2. The van der Waals surface area contributed by atoms with Gasteiger partial charge in [-0.1, -0.05) is 23.4 Å². The molecular weight excluding hydrogens is 451 g/mol.